The number of hydrogen-bond donors (Lipinski definition) is 0. The molecule has 0 bridgehead atoms. The van der Waals surface area contributed by atoms with Gasteiger partial charge in [-0.3, -0.25) is 0 Å². The third kappa shape index (κ3) is 7.88. The van der Waals surface area contributed by atoms with Crippen LogP contribution in [0, 0.1) is 17.7 Å². The van der Waals surface area contributed by atoms with Gasteiger partial charge in [0.15, 0.2) is 8.32 Å². The first-order valence-corrected chi connectivity index (χ1v) is 15.0. The standard InChI is InChI=1S/C22H32BrNO5SSi/c1-18-9-12-20(13-10-18)30(26,27)24(16-8-15-23)19(11-14-21(25)28-5)17-29-31(6,7)22(2,3)4/h9-14,19H,16-17H2,1-7H3/b14-11-/t19-/m0/s1. The molecule has 1 aromatic rings. The summed E-state index contributed by atoms with van der Waals surface area (Å²) in [4.78, 5) is 14.4. The Morgan fingerprint density at radius 1 is 1.26 bits per heavy atom. The molecule has 9 heteroatoms. The lowest BCUT2D eigenvalue weighted by molar-refractivity contribution is -0.134. The summed E-state index contributed by atoms with van der Waals surface area (Å²) in [5, 5.41) is -0.0556. The van der Waals surface area contributed by atoms with E-state index in [2.05, 4.69) is 65.3 Å². The van der Waals surface area contributed by atoms with Crippen molar-refractivity contribution in [2.45, 2.75) is 56.8 Å². The van der Waals surface area contributed by atoms with Crippen molar-refractivity contribution >= 4 is 40.2 Å². The highest BCUT2D eigenvalue weighted by atomic mass is 79.9. The van der Waals surface area contributed by atoms with E-state index in [1.807, 2.05) is 6.92 Å². The number of carbonyl (C=O) groups is 1. The van der Waals surface area contributed by atoms with E-state index >= 15 is 0 Å². The van der Waals surface area contributed by atoms with E-state index in [0.717, 1.165) is 5.56 Å². The van der Waals surface area contributed by atoms with Gasteiger partial charge in [-0.1, -0.05) is 50.5 Å². The van der Waals surface area contributed by atoms with Gasteiger partial charge in [-0.05, 0) is 42.0 Å². The largest absolute Gasteiger partial charge is 0.466 e. The Morgan fingerprint density at radius 2 is 1.84 bits per heavy atom. The van der Waals surface area contributed by atoms with E-state index in [0.29, 0.717) is 0 Å². The number of methoxy groups -OCH3 is 1. The highest BCUT2D eigenvalue weighted by Gasteiger charge is 2.39. The molecule has 1 aromatic carbocycles. The van der Waals surface area contributed by atoms with Gasteiger partial charge in [0.2, 0.25) is 10.0 Å². The summed E-state index contributed by atoms with van der Waals surface area (Å²) in [7, 11) is -4.81. The van der Waals surface area contributed by atoms with Crippen LogP contribution in [0.2, 0.25) is 18.1 Å². The average Bonchev–Trinajstić information content (AvgIpc) is 2.68. The molecule has 0 fully saturated rings. The molecule has 0 spiro atoms. The second kappa shape index (κ2) is 11.4. The van der Waals surface area contributed by atoms with Crippen LogP contribution in [0.25, 0.3) is 0 Å². The second-order valence-corrected chi connectivity index (χ2v) is 15.8. The molecule has 0 saturated heterocycles. The fraction of sp³-hybridized carbons (Fsp3) is 0.500. The highest BCUT2D eigenvalue weighted by molar-refractivity contribution is 9.12. The Hall–Kier alpha value is -1.44. The third-order valence-electron chi connectivity index (χ3n) is 5.38. The van der Waals surface area contributed by atoms with Gasteiger partial charge in [0, 0.05) is 22.0 Å². The maximum Gasteiger partial charge on any atom is 0.330 e. The van der Waals surface area contributed by atoms with Crippen LogP contribution in [0.15, 0.2) is 41.3 Å². The summed E-state index contributed by atoms with van der Waals surface area (Å²) in [5.41, 5.74) is 0.953. The summed E-state index contributed by atoms with van der Waals surface area (Å²) >= 11 is 3.03. The summed E-state index contributed by atoms with van der Waals surface area (Å²) in [6.45, 7) is 12.4. The minimum absolute atomic E-state index is 0.0556. The zero-order valence-electron chi connectivity index (χ0n) is 19.2. The molecule has 0 unspecified atom stereocenters. The van der Waals surface area contributed by atoms with Gasteiger partial charge in [-0.2, -0.15) is 4.31 Å². The molecule has 0 N–H and O–H groups in total. The minimum atomic E-state index is -3.91. The number of benzene rings is 1. The van der Waals surface area contributed by atoms with Crippen LogP contribution in [-0.4, -0.2) is 53.3 Å². The van der Waals surface area contributed by atoms with Gasteiger partial charge < -0.3 is 9.16 Å². The maximum absolute atomic E-state index is 13.5. The SMILES string of the molecule is COC(=O)/C=C\[C@@H](CO[Si](C)(C)C(C)(C)C)N(CC#CBr)S(=O)(=O)c1ccc(C)cc1. The Morgan fingerprint density at radius 3 is 2.32 bits per heavy atom. The van der Waals surface area contributed by atoms with E-state index in [4.69, 9.17) is 4.43 Å². The zero-order chi connectivity index (χ0) is 23.9. The Kier molecular flexibility index (Phi) is 10.2. The number of esters is 1. The van der Waals surface area contributed by atoms with E-state index in [1.54, 1.807) is 24.3 Å². The number of carbonyl (C=O) groups excluding carboxylic acids is 1. The molecule has 0 amide bonds. The lowest BCUT2D eigenvalue weighted by Crippen LogP contribution is -2.47. The van der Waals surface area contributed by atoms with Gasteiger partial charge in [-0.15, -0.1) is 0 Å². The van der Waals surface area contributed by atoms with E-state index in [9.17, 15) is 13.2 Å². The molecule has 6 nitrogen and oxygen atoms in total. The van der Waals surface area contributed by atoms with Crippen LogP contribution < -0.4 is 0 Å². The summed E-state index contributed by atoms with van der Waals surface area (Å²) in [6.07, 6.45) is 2.72. The number of ether oxygens (including phenoxy) is 1. The number of aryl methyl sites for hydroxylation is 1. The van der Waals surface area contributed by atoms with Crippen molar-refractivity contribution in [2.24, 2.45) is 0 Å². The second-order valence-electron chi connectivity index (χ2n) is 8.66. The van der Waals surface area contributed by atoms with Crippen LogP contribution in [0.4, 0.5) is 0 Å². The highest BCUT2D eigenvalue weighted by Crippen LogP contribution is 2.37. The molecule has 0 aliphatic rings. The molecule has 0 saturated carbocycles. The zero-order valence-corrected chi connectivity index (χ0v) is 22.6. The van der Waals surface area contributed by atoms with Crippen molar-refractivity contribution in [3.8, 4) is 10.8 Å². The van der Waals surface area contributed by atoms with Crippen LogP contribution in [0.3, 0.4) is 0 Å². The fourth-order valence-corrected chi connectivity index (χ4v) is 4.96. The van der Waals surface area contributed by atoms with E-state index in [-0.39, 0.29) is 23.1 Å². The van der Waals surface area contributed by atoms with Gasteiger partial charge in [0.1, 0.15) is 0 Å². The van der Waals surface area contributed by atoms with Gasteiger partial charge in [0.25, 0.3) is 0 Å². The molecular formula is C22H32BrNO5SSi. The fourth-order valence-electron chi connectivity index (χ4n) is 2.34. The van der Waals surface area contributed by atoms with Crippen molar-refractivity contribution in [3.63, 3.8) is 0 Å². The Labute approximate surface area is 196 Å². The molecule has 1 rings (SSSR count). The maximum atomic E-state index is 13.5. The molecular weight excluding hydrogens is 498 g/mol. The first-order valence-electron chi connectivity index (χ1n) is 9.83. The molecule has 1 atom stereocenters. The van der Waals surface area contributed by atoms with Crippen molar-refractivity contribution in [2.75, 3.05) is 20.3 Å². The van der Waals surface area contributed by atoms with Crippen LogP contribution in [-0.2, 0) is 24.0 Å². The van der Waals surface area contributed by atoms with Crippen molar-refractivity contribution in [3.05, 3.63) is 42.0 Å². The Balaban J connectivity index is 3.43. The average molecular weight is 531 g/mol. The molecule has 0 heterocycles. The lowest BCUT2D eigenvalue weighted by atomic mass is 10.2. The van der Waals surface area contributed by atoms with Gasteiger partial charge in [0.05, 0.1) is 31.2 Å². The van der Waals surface area contributed by atoms with Gasteiger partial charge >= 0.3 is 5.97 Å². The van der Waals surface area contributed by atoms with Crippen LogP contribution in [0.1, 0.15) is 26.3 Å². The van der Waals surface area contributed by atoms with Crippen molar-refractivity contribution in [1.82, 2.24) is 4.31 Å². The lowest BCUT2D eigenvalue weighted by Gasteiger charge is -2.38. The number of sulfonamides is 1. The van der Waals surface area contributed by atoms with Gasteiger partial charge in [-0.25, -0.2) is 13.2 Å². The minimum Gasteiger partial charge on any atom is -0.466 e. The van der Waals surface area contributed by atoms with Crippen LogP contribution in [0.5, 0.6) is 0 Å². The molecule has 0 aliphatic carbocycles. The monoisotopic (exact) mass is 529 g/mol. The van der Waals surface area contributed by atoms with Crippen LogP contribution >= 0.6 is 15.9 Å². The first kappa shape index (κ1) is 27.6. The normalized spacial score (nSPS) is 13.7. The van der Waals surface area contributed by atoms with Crippen molar-refractivity contribution in [1.29, 1.82) is 0 Å². The number of nitrogens with zero attached hydrogens (tertiary/aromatic N) is 1. The molecule has 172 valence electrons. The third-order valence-corrected chi connectivity index (χ3v) is 12.0. The predicted molar refractivity (Wildman–Crippen MR) is 130 cm³/mol. The molecule has 0 aliphatic heterocycles. The molecule has 0 aromatic heterocycles. The smallest absolute Gasteiger partial charge is 0.330 e. The topological polar surface area (TPSA) is 72.9 Å². The van der Waals surface area contributed by atoms with E-state index in [1.165, 1.54) is 23.6 Å². The number of halogens is 1. The van der Waals surface area contributed by atoms with Crippen molar-refractivity contribution < 1.29 is 22.4 Å². The predicted octanol–water partition coefficient (Wildman–Crippen LogP) is 4.46. The molecule has 0 radical (unpaired) electrons. The first-order chi connectivity index (χ1) is 14.3. The summed E-state index contributed by atoms with van der Waals surface area (Å²) in [5.74, 6) is 2.19. The summed E-state index contributed by atoms with van der Waals surface area (Å²) < 4.78 is 39.2. The number of hydrogen-bond acceptors (Lipinski definition) is 5. The Bertz CT molecular complexity index is 941. The number of rotatable bonds is 9. The quantitative estimate of drug-likeness (QED) is 0.204. The van der Waals surface area contributed by atoms with E-state index < -0.39 is 30.4 Å². The summed E-state index contributed by atoms with van der Waals surface area (Å²) in [6, 6.07) is 5.87. The molecule has 31 heavy (non-hydrogen) atoms.